The van der Waals surface area contributed by atoms with Crippen LogP contribution in [-0.2, 0) is 21.7 Å². The highest BCUT2D eigenvalue weighted by Gasteiger charge is 2.39. The smallest absolute Gasteiger partial charge is 0.190 e. The van der Waals surface area contributed by atoms with Crippen molar-refractivity contribution in [2.45, 2.75) is 18.9 Å². The Bertz CT molecular complexity index is 536. The first kappa shape index (κ1) is 13.5. The van der Waals surface area contributed by atoms with Crippen LogP contribution in [0.1, 0.15) is 18.1 Å². The summed E-state index contributed by atoms with van der Waals surface area (Å²) in [4.78, 5) is 16.7. The van der Waals surface area contributed by atoms with Gasteiger partial charge < -0.3 is 0 Å². The number of Topliss-reactive ketones (excluding diaryl/α,β-unsaturated/α-hetero) is 1. The second-order valence-electron chi connectivity index (χ2n) is 4.50. The van der Waals surface area contributed by atoms with Crippen molar-refractivity contribution in [2.75, 3.05) is 0 Å². The molecule has 0 aliphatic carbocycles. The maximum Gasteiger partial charge on any atom is 0.190 e. The van der Waals surface area contributed by atoms with Crippen LogP contribution >= 0.6 is 0 Å². The van der Waals surface area contributed by atoms with Crippen LogP contribution in [-0.4, -0.2) is 11.0 Å². The lowest BCUT2D eigenvalue weighted by atomic mass is 9.84. The summed E-state index contributed by atoms with van der Waals surface area (Å²) in [6, 6.07) is 18.5. The maximum atomic E-state index is 12.0. The van der Waals surface area contributed by atoms with Gasteiger partial charge >= 0.3 is 0 Å². The largest absolute Gasteiger partial charge is 0.296 e. The molecule has 0 spiro atoms. The van der Waals surface area contributed by atoms with Crippen molar-refractivity contribution in [3.05, 3.63) is 71.8 Å². The molecule has 19 heavy (non-hydrogen) atoms. The van der Waals surface area contributed by atoms with Gasteiger partial charge in [0.25, 0.3) is 0 Å². The lowest BCUT2D eigenvalue weighted by molar-refractivity contribution is -0.316. The number of benzene rings is 2. The third-order valence-electron chi connectivity index (χ3n) is 3.26. The van der Waals surface area contributed by atoms with Crippen LogP contribution in [0.15, 0.2) is 60.7 Å². The van der Waals surface area contributed by atoms with E-state index in [9.17, 15) is 10.1 Å². The van der Waals surface area contributed by atoms with Gasteiger partial charge in [0, 0.05) is 6.42 Å². The molecule has 0 aliphatic rings. The van der Waals surface area contributed by atoms with Crippen molar-refractivity contribution >= 4 is 5.78 Å². The summed E-state index contributed by atoms with van der Waals surface area (Å²) in [7, 11) is 0. The predicted octanol–water partition coefficient (Wildman–Crippen LogP) is 3.20. The molecule has 98 valence electrons. The standard InChI is InChI=1S/C16H16O3/c1-13(17)16(19-18,15-10-6-3-7-11-15)12-14-8-4-2-5-9-14/h2-11,18H,12H2,1H3. The van der Waals surface area contributed by atoms with E-state index >= 15 is 0 Å². The number of hydrogen-bond acceptors (Lipinski definition) is 3. The molecule has 0 heterocycles. The molecule has 0 aromatic heterocycles. The minimum atomic E-state index is -1.34. The van der Waals surface area contributed by atoms with E-state index in [1.807, 2.05) is 48.5 Å². The molecule has 2 aromatic rings. The molecule has 2 aromatic carbocycles. The highest BCUT2D eigenvalue weighted by Crippen LogP contribution is 2.30. The monoisotopic (exact) mass is 256 g/mol. The molecule has 0 bridgehead atoms. The summed E-state index contributed by atoms with van der Waals surface area (Å²) in [5.41, 5.74) is 0.229. The van der Waals surface area contributed by atoms with Crippen LogP contribution in [0.25, 0.3) is 0 Å². The molecule has 0 saturated heterocycles. The Morgan fingerprint density at radius 1 is 1.05 bits per heavy atom. The average molecular weight is 256 g/mol. The van der Waals surface area contributed by atoms with Crippen molar-refractivity contribution in [2.24, 2.45) is 0 Å². The normalized spacial score (nSPS) is 13.8. The first-order valence-electron chi connectivity index (χ1n) is 6.12. The molecular formula is C16H16O3. The number of hydrogen-bond donors (Lipinski definition) is 1. The van der Waals surface area contributed by atoms with Crippen molar-refractivity contribution in [1.82, 2.24) is 0 Å². The van der Waals surface area contributed by atoms with E-state index in [2.05, 4.69) is 4.89 Å². The van der Waals surface area contributed by atoms with E-state index in [4.69, 9.17) is 0 Å². The van der Waals surface area contributed by atoms with Crippen LogP contribution < -0.4 is 0 Å². The van der Waals surface area contributed by atoms with Crippen molar-refractivity contribution < 1.29 is 14.9 Å². The first-order valence-corrected chi connectivity index (χ1v) is 6.12. The Morgan fingerprint density at radius 3 is 2.05 bits per heavy atom. The van der Waals surface area contributed by atoms with Gasteiger partial charge in [-0.15, -0.1) is 0 Å². The predicted molar refractivity (Wildman–Crippen MR) is 72.7 cm³/mol. The maximum absolute atomic E-state index is 12.0. The third-order valence-corrected chi connectivity index (χ3v) is 3.26. The molecule has 1 unspecified atom stereocenters. The van der Waals surface area contributed by atoms with Crippen molar-refractivity contribution in [3.63, 3.8) is 0 Å². The van der Waals surface area contributed by atoms with E-state index in [-0.39, 0.29) is 5.78 Å². The fourth-order valence-corrected chi connectivity index (χ4v) is 2.17. The zero-order chi connectivity index (χ0) is 13.7. The third kappa shape index (κ3) is 2.72. The van der Waals surface area contributed by atoms with Crippen LogP contribution in [0.2, 0.25) is 0 Å². The Hall–Kier alpha value is -1.97. The zero-order valence-corrected chi connectivity index (χ0v) is 10.7. The van der Waals surface area contributed by atoms with Crippen LogP contribution in [0, 0.1) is 0 Å². The summed E-state index contributed by atoms with van der Waals surface area (Å²) >= 11 is 0. The SMILES string of the molecule is CC(=O)C(Cc1ccccc1)(OO)c1ccccc1. The van der Waals surface area contributed by atoms with Gasteiger partial charge in [-0.2, -0.15) is 0 Å². The van der Waals surface area contributed by atoms with Crippen LogP contribution in [0.3, 0.4) is 0 Å². The lowest BCUT2D eigenvalue weighted by Crippen LogP contribution is -2.38. The minimum Gasteiger partial charge on any atom is -0.296 e. The second kappa shape index (κ2) is 5.78. The highest BCUT2D eigenvalue weighted by atomic mass is 17.1. The molecular weight excluding hydrogens is 240 g/mol. The van der Waals surface area contributed by atoms with E-state index in [0.29, 0.717) is 12.0 Å². The summed E-state index contributed by atoms with van der Waals surface area (Å²) in [5.74, 6) is -0.231. The molecule has 3 heteroatoms. The van der Waals surface area contributed by atoms with Crippen LogP contribution in [0.5, 0.6) is 0 Å². The van der Waals surface area contributed by atoms with Gasteiger partial charge in [0.1, 0.15) is 0 Å². The van der Waals surface area contributed by atoms with Gasteiger partial charge in [-0.25, -0.2) is 4.89 Å². The van der Waals surface area contributed by atoms with E-state index in [0.717, 1.165) is 5.56 Å². The highest BCUT2D eigenvalue weighted by molar-refractivity contribution is 5.86. The fraction of sp³-hybridized carbons (Fsp3) is 0.188. The minimum absolute atomic E-state index is 0.231. The van der Waals surface area contributed by atoms with E-state index in [1.165, 1.54) is 6.92 Å². The molecule has 0 amide bonds. The number of ketones is 1. The number of carbonyl (C=O) groups excluding carboxylic acids is 1. The second-order valence-corrected chi connectivity index (χ2v) is 4.50. The van der Waals surface area contributed by atoms with E-state index < -0.39 is 5.60 Å². The molecule has 1 N–H and O–H groups in total. The summed E-state index contributed by atoms with van der Waals surface area (Å²) < 4.78 is 0. The van der Waals surface area contributed by atoms with Gasteiger partial charge in [-0.1, -0.05) is 60.7 Å². The summed E-state index contributed by atoms with van der Waals surface area (Å²) in [6.45, 7) is 1.42. The molecule has 1 atom stereocenters. The summed E-state index contributed by atoms with van der Waals surface area (Å²) in [6.07, 6.45) is 0.295. The first-order chi connectivity index (χ1) is 9.19. The van der Waals surface area contributed by atoms with Crippen LogP contribution in [0.4, 0.5) is 0 Å². The van der Waals surface area contributed by atoms with Crippen molar-refractivity contribution in [3.8, 4) is 0 Å². The molecule has 0 aliphatic heterocycles. The summed E-state index contributed by atoms with van der Waals surface area (Å²) in [5, 5.41) is 9.34. The van der Waals surface area contributed by atoms with Gasteiger partial charge in [0.15, 0.2) is 11.4 Å². The van der Waals surface area contributed by atoms with Gasteiger partial charge in [0.05, 0.1) is 0 Å². The Balaban J connectivity index is 2.44. The number of rotatable bonds is 5. The van der Waals surface area contributed by atoms with Gasteiger partial charge in [-0.3, -0.25) is 10.1 Å². The van der Waals surface area contributed by atoms with E-state index in [1.54, 1.807) is 12.1 Å². The Kier molecular flexibility index (Phi) is 4.10. The Labute approximate surface area is 112 Å². The van der Waals surface area contributed by atoms with Gasteiger partial charge in [0.2, 0.25) is 0 Å². The molecule has 3 nitrogen and oxygen atoms in total. The molecule has 0 saturated carbocycles. The lowest BCUT2D eigenvalue weighted by Gasteiger charge is -2.28. The molecule has 2 rings (SSSR count). The average Bonchev–Trinajstić information content (AvgIpc) is 2.46. The molecule has 0 fully saturated rings. The fourth-order valence-electron chi connectivity index (χ4n) is 2.17. The quantitative estimate of drug-likeness (QED) is 0.660. The Morgan fingerprint density at radius 2 is 1.58 bits per heavy atom. The molecule has 0 radical (unpaired) electrons. The van der Waals surface area contributed by atoms with Gasteiger partial charge in [-0.05, 0) is 18.1 Å². The zero-order valence-electron chi connectivity index (χ0n) is 10.7. The number of carbonyl (C=O) groups is 1. The topological polar surface area (TPSA) is 46.5 Å². The van der Waals surface area contributed by atoms with Crippen molar-refractivity contribution in [1.29, 1.82) is 0 Å².